The van der Waals surface area contributed by atoms with E-state index in [9.17, 15) is 18.0 Å². The average molecular weight is 532 g/mol. The smallest absolute Gasteiger partial charge is 0.244 e. The van der Waals surface area contributed by atoms with E-state index in [1.54, 1.807) is 18.2 Å². The topological polar surface area (TPSA) is 105 Å². The summed E-state index contributed by atoms with van der Waals surface area (Å²) >= 11 is 0. The summed E-state index contributed by atoms with van der Waals surface area (Å²) in [5.41, 5.74) is 2.16. The molecular weight excluding hydrogens is 494 g/mol. The van der Waals surface area contributed by atoms with Crippen LogP contribution in [0.5, 0.6) is 11.5 Å². The van der Waals surface area contributed by atoms with Crippen molar-refractivity contribution in [3.8, 4) is 11.5 Å². The maximum Gasteiger partial charge on any atom is 0.244 e. The molecule has 3 rings (SSSR count). The Kier molecular flexibility index (Phi) is 9.42. The van der Waals surface area contributed by atoms with E-state index in [1.165, 1.54) is 4.90 Å². The molecule has 2 amide bonds. The summed E-state index contributed by atoms with van der Waals surface area (Å²) in [6.07, 6.45) is 1.43. The van der Waals surface area contributed by atoms with Crippen molar-refractivity contribution in [2.45, 2.75) is 46.7 Å². The van der Waals surface area contributed by atoms with Crippen LogP contribution in [0.3, 0.4) is 0 Å². The molecule has 2 aromatic carbocycles. The van der Waals surface area contributed by atoms with E-state index in [-0.39, 0.29) is 24.1 Å². The average Bonchev–Trinajstić information content (AvgIpc) is 2.84. The predicted octanol–water partition coefficient (Wildman–Crippen LogP) is 3.11. The van der Waals surface area contributed by atoms with Crippen molar-refractivity contribution in [1.29, 1.82) is 0 Å². The minimum Gasteiger partial charge on any atom is -0.486 e. The van der Waals surface area contributed by atoms with Crippen LogP contribution in [0, 0.1) is 12.8 Å². The number of anilines is 1. The minimum absolute atomic E-state index is 0.173. The van der Waals surface area contributed by atoms with Crippen molar-refractivity contribution in [3.63, 3.8) is 0 Å². The van der Waals surface area contributed by atoms with Gasteiger partial charge >= 0.3 is 0 Å². The minimum atomic E-state index is -3.84. The van der Waals surface area contributed by atoms with E-state index in [4.69, 9.17) is 9.47 Å². The number of hydrogen-bond donors (Lipinski definition) is 1. The van der Waals surface area contributed by atoms with Gasteiger partial charge < -0.3 is 19.7 Å². The molecule has 0 fully saturated rings. The molecule has 0 saturated carbocycles. The van der Waals surface area contributed by atoms with E-state index in [1.807, 2.05) is 52.0 Å². The first kappa shape index (κ1) is 28.3. The highest BCUT2D eigenvalue weighted by atomic mass is 32.2. The molecule has 37 heavy (non-hydrogen) atoms. The van der Waals surface area contributed by atoms with Gasteiger partial charge in [-0.05, 0) is 37.0 Å². The van der Waals surface area contributed by atoms with Gasteiger partial charge in [0.15, 0.2) is 11.5 Å². The molecule has 0 aromatic heterocycles. The summed E-state index contributed by atoms with van der Waals surface area (Å²) < 4.78 is 37.8. The number of hydrogen-bond acceptors (Lipinski definition) is 6. The van der Waals surface area contributed by atoms with Gasteiger partial charge in [-0.25, -0.2) is 8.42 Å². The van der Waals surface area contributed by atoms with E-state index in [0.29, 0.717) is 37.7 Å². The summed E-state index contributed by atoms with van der Waals surface area (Å²) in [7, 11) is -3.84. The number of benzene rings is 2. The lowest BCUT2D eigenvalue weighted by molar-refractivity contribution is -0.140. The third-order valence-corrected chi connectivity index (χ3v) is 7.14. The molecule has 0 spiro atoms. The molecule has 0 saturated heterocycles. The number of rotatable bonds is 11. The lowest BCUT2D eigenvalue weighted by atomic mass is 10.1. The van der Waals surface area contributed by atoms with Crippen molar-refractivity contribution in [2.24, 2.45) is 5.92 Å². The second kappa shape index (κ2) is 12.3. The van der Waals surface area contributed by atoms with Crippen LogP contribution in [0.4, 0.5) is 5.69 Å². The van der Waals surface area contributed by atoms with Crippen molar-refractivity contribution in [1.82, 2.24) is 10.2 Å². The van der Waals surface area contributed by atoms with Crippen LogP contribution in [0.1, 0.15) is 38.3 Å². The molecule has 2 aromatic rings. The van der Waals surface area contributed by atoms with Crippen LogP contribution in [-0.2, 0) is 26.2 Å². The van der Waals surface area contributed by atoms with Gasteiger partial charge in [0.05, 0.1) is 11.9 Å². The maximum atomic E-state index is 13.8. The highest BCUT2D eigenvalue weighted by Gasteiger charge is 2.32. The number of sulfonamides is 1. The molecule has 0 unspecified atom stereocenters. The standard InChI is InChI=1S/C27H37N3O6S/c1-6-23(27(32)28-16-19(2)3)29(17-21-9-7-8-20(4)14-21)26(31)18-30(37(5,33)34)22-10-11-24-25(15-22)36-13-12-35-24/h7-11,14-15,19,23H,6,12-13,16-18H2,1-5H3,(H,28,32)/t23-/m1/s1. The van der Waals surface area contributed by atoms with Crippen molar-refractivity contribution >= 4 is 27.5 Å². The quantitative estimate of drug-likeness (QED) is 0.478. The lowest BCUT2D eigenvalue weighted by Gasteiger charge is -2.33. The van der Waals surface area contributed by atoms with Crippen molar-refractivity contribution < 1.29 is 27.5 Å². The molecule has 0 aliphatic carbocycles. The first-order valence-electron chi connectivity index (χ1n) is 12.5. The molecule has 0 radical (unpaired) electrons. The molecule has 0 bridgehead atoms. The van der Waals surface area contributed by atoms with Crippen LogP contribution in [-0.4, -0.2) is 63.7 Å². The van der Waals surface area contributed by atoms with Gasteiger partial charge in [0, 0.05) is 19.2 Å². The van der Waals surface area contributed by atoms with Crippen LogP contribution in [0.15, 0.2) is 42.5 Å². The van der Waals surface area contributed by atoms with Crippen LogP contribution in [0.2, 0.25) is 0 Å². The van der Waals surface area contributed by atoms with Crippen molar-refractivity contribution in [3.05, 3.63) is 53.6 Å². The first-order chi connectivity index (χ1) is 17.5. The number of carbonyl (C=O) groups is 2. The first-order valence-corrected chi connectivity index (χ1v) is 14.3. The Morgan fingerprint density at radius 2 is 1.76 bits per heavy atom. The molecule has 202 valence electrons. The zero-order chi connectivity index (χ0) is 27.2. The second-order valence-electron chi connectivity index (χ2n) is 9.67. The second-order valence-corrected chi connectivity index (χ2v) is 11.6. The zero-order valence-corrected chi connectivity index (χ0v) is 23.0. The number of nitrogens with one attached hydrogen (secondary N) is 1. The van der Waals surface area contributed by atoms with Crippen molar-refractivity contribution in [2.75, 3.05) is 36.9 Å². The van der Waals surface area contributed by atoms with Crippen LogP contribution >= 0.6 is 0 Å². The zero-order valence-electron chi connectivity index (χ0n) is 22.2. The van der Waals surface area contributed by atoms with E-state index in [2.05, 4.69) is 5.32 Å². The number of aryl methyl sites for hydroxylation is 1. The number of fused-ring (bicyclic) bond motifs is 1. The molecule has 1 N–H and O–H groups in total. The number of amides is 2. The third-order valence-electron chi connectivity index (χ3n) is 6.00. The summed E-state index contributed by atoms with van der Waals surface area (Å²) in [6, 6.07) is 11.7. The Hall–Kier alpha value is -3.27. The Balaban J connectivity index is 1.94. The fourth-order valence-electron chi connectivity index (χ4n) is 4.15. The number of carbonyl (C=O) groups excluding carboxylic acids is 2. The van der Waals surface area contributed by atoms with E-state index < -0.39 is 28.5 Å². The summed E-state index contributed by atoms with van der Waals surface area (Å²) in [5, 5.41) is 2.92. The normalized spacial score (nSPS) is 13.7. The highest BCUT2D eigenvalue weighted by Crippen LogP contribution is 2.34. The van der Waals surface area contributed by atoms with Gasteiger partial charge in [-0.2, -0.15) is 0 Å². The number of ether oxygens (including phenoxy) is 2. The Morgan fingerprint density at radius 1 is 1.05 bits per heavy atom. The van der Waals surface area contributed by atoms with Gasteiger partial charge in [0.25, 0.3) is 0 Å². The van der Waals surface area contributed by atoms with Gasteiger partial charge in [-0.1, -0.05) is 50.6 Å². The maximum absolute atomic E-state index is 13.8. The monoisotopic (exact) mass is 531 g/mol. The SMILES string of the molecule is CC[C@H](C(=O)NCC(C)C)N(Cc1cccc(C)c1)C(=O)CN(c1ccc2c(c1)OCCO2)S(C)(=O)=O. The molecule has 1 heterocycles. The van der Waals surface area contributed by atoms with E-state index in [0.717, 1.165) is 21.7 Å². The Morgan fingerprint density at radius 3 is 2.38 bits per heavy atom. The van der Waals surface area contributed by atoms with E-state index >= 15 is 0 Å². The molecule has 9 nitrogen and oxygen atoms in total. The molecular formula is C27H37N3O6S. The molecule has 1 aliphatic rings. The van der Waals surface area contributed by atoms with Gasteiger partial charge in [0.1, 0.15) is 25.8 Å². The summed E-state index contributed by atoms with van der Waals surface area (Å²) in [4.78, 5) is 28.4. The lowest BCUT2D eigenvalue weighted by Crippen LogP contribution is -2.52. The largest absolute Gasteiger partial charge is 0.486 e. The van der Waals surface area contributed by atoms with Crippen LogP contribution in [0.25, 0.3) is 0 Å². The molecule has 1 atom stereocenters. The summed E-state index contributed by atoms with van der Waals surface area (Å²) in [6.45, 7) is 8.73. The van der Waals surface area contributed by atoms with Gasteiger partial charge in [-0.3, -0.25) is 13.9 Å². The Labute approximate surface area is 219 Å². The highest BCUT2D eigenvalue weighted by molar-refractivity contribution is 7.92. The Bertz CT molecular complexity index is 1210. The van der Waals surface area contributed by atoms with Gasteiger partial charge in [0.2, 0.25) is 21.8 Å². The van der Waals surface area contributed by atoms with Crippen LogP contribution < -0.4 is 19.1 Å². The molecule has 10 heteroatoms. The van der Waals surface area contributed by atoms with Gasteiger partial charge in [-0.15, -0.1) is 0 Å². The fraction of sp³-hybridized carbons (Fsp3) is 0.481. The molecule has 1 aliphatic heterocycles. The summed E-state index contributed by atoms with van der Waals surface area (Å²) in [5.74, 6) is 0.443. The number of nitrogens with zero attached hydrogens (tertiary/aromatic N) is 2. The fourth-order valence-corrected chi connectivity index (χ4v) is 4.99. The third kappa shape index (κ3) is 7.61. The predicted molar refractivity (Wildman–Crippen MR) is 143 cm³/mol.